The second kappa shape index (κ2) is 10.8. The Hall–Kier alpha value is -1.16. The molecular weight excluding hydrogens is 537 g/mol. The average Bonchev–Trinajstić information content (AvgIpc) is 3.24. The van der Waals surface area contributed by atoms with Crippen LogP contribution in [-0.2, 0) is 10.0 Å². The number of urea groups is 1. The van der Waals surface area contributed by atoms with Crippen LogP contribution < -0.4 is 0 Å². The fourth-order valence-electron chi connectivity index (χ4n) is 4.46. The number of hydrogen-bond acceptors (Lipinski definition) is 4. The van der Waals surface area contributed by atoms with Crippen LogP contribution in [0.25, 0.3) is 0 Å². The third-order valence-corrected chi connectivity index (χ3v) is 9.83. The van der Waals surface area contributed by atoms with E-state index in [1.807, 2.05) is 41.3 Å². The van der Waals surface area contributed by atoms with Gasteiger partial charge in [0.15, 0.2) is 0 Å². The van der Waals surface area contributed by atoms with Crippen molar-refractivity contribution in [2.75, 3.05) is 51.3 Å². The first kappa shape index (κ1) is 25.9. The number of nitrogens with zero attached hydrogens (tertiary/aromatic N) is 3. The van der Waals surface area contributed by atoms with Gasteiger partial charge in [0.05, 0.1) is 16.3 Å². The van der Waals surface area contributed by atoms with Gasteiger partial charge in [0, 0.05) is 60.9 Å². The molecule has 2 fully saturated rings. The Morgan fingerprint density at radius 3 is 2.24 bits per heavy atom. The second-order valence-corrected chi connectivity index (χ2v) is 13.0. The first-order valence-electron chi connectivity index (χ1n) is 10.9. The van der Waals surface area contributed by atoms with Crippen LogP contribution >= 0.6 is 46.6 Å². The highest BCUT2D eigenvalue weighted by atomic mass is 35.5. The van der Waals surface area contributed by atoms with Gasteiger partial charge in [-0.25, -0.2) is 13.2 Å². The summed E-state index contributed by atoms with van der Waals surface area (Å²) in [5, 5.41) is 1.71. The first-order chi connectivity index (χ1) is 16.1. The summed E-state index contributed by atoms with van der Waals surface area (Å²) < 4.78 is 25.0. The van der Waals surface area contributed by atoms with E-state index in [0.717, 1.165) is 16.2 Å². The van der Waals surface area contributed by atoms with E-state index in [4.69, 9.17) is 34.8 Å². The number of rotatable bonds is 5. The molecule has 0 N–H and O–H groups in total. The maximum atomic E-state index is 13.3. The molecule has 2 amide bonds. The highest BCUT2D eigenvalue weighted by Crippen LogP contribution is 2.39. The van der Waals surface area contributed by atoms with Gasteiger partial charge < -0.3 is 9.80 Å². The highest BCUT2D eigenvalue weighted by Gasteiger charge is 2.39. The van der Waals surface area contributed by atoms with Crippen LogP contribution in [0.1, 0.15) is 11.5 Å². The number of sulfonamides is 1. The predicted octanol–water partition coefficient (Wildman–Crippen LogP) is 5.15. The summed E-state index contributed by atoms with van der Waals surface area (Å²) in [7, 11) is -3.24. The molecule has 2 heterocycles. The fraction of sp³-hybridized carbons (Fsp3) is 0.435. The largest absolute Gasteiger partial charge is 0.324 e. The molecule has 2 aliphatic heterocycles. The normalized spacial score (nSPS) is 21.8. The average molecular weight is 563 g/mol. The molecule has 184 valence electrons. The lowest BCUT2D eigenvalue weighted by Crippen LogP contribution is -2.53. The maximum absolute atomic E-state index is 13.3. The number of likely N-dealkylation sites (tertiary alicyclic amines) is 1. The smallest absolute Gasteiger partial charge is 0.320 e. The quantitative estimate of drug-likeness (QED) is 0.473. The van der Waals surface area contributed by atoms with Crippen LogP contribution in [0.5, 0.6) is 0 Å². The van der Waals surface area contributed by atoms with Gasteiger partial charge in [-0.15, -0.1) is 11.8 Å². The van der Waals surface area contributed by atoms with E-state index in [0.29, 0.717) is 54.3 Å². The van der Waals surface area contributed by atoms with Gasteiger partial charge in [0.1, 0.15) is 0 Å². The van der Waals surface area contributed by atoms with E-state index in [-0.39, 0.29) is 17.9 Å². The van der Waals surface area contributed by atoms with Gasteiger partial charge in [-0.1, -0.05) is 40.9 Å². The number of halogens is 3. The zero-order chi connectivity index (χ0) is 24.5. The summed E-state index contributed by atoms with van der Waals surface area (Å²) >= 11 is 20.2. The molecule has 2 atom stereocenters. The monoisotopic (exact) mass is 561 g/mol. The van der Waals surface area contributed by atoms with Crippen molar-refractivity contribution >= 4 is 62.6 Å². The van der Waals surface area contributed by atoms with Crippen LogP contribution in [0.15, 0.2) is 47.4 Å². The third-order valence-electron chi connectivity index (χ3n) is 6.34. The van der Waals surface area contributed by atoms with Crippen molar-refractivity contribution in [2.24, 2.45) is 5.92 Å². The van der Waals surface area contributed by atoms with Crippen LogP contribution in [0.4, 0.5) is 4.79 Å². The molecule has 2 aromatic rings. The van der Waals surface area contributed by atoms with Gasteiger partial charge >= 0.3 is 6.03 Å². The van der Waals surface area contributed by atoms with Crippen LogP contribution in [-0.4, -0.2) is 79.8 Å². The van der Waals surface area contributed by atoms with Crippen molar-refractivity contribution in [1.29, 1.82) is 0 Å². The van der Waals surface area contributed by atoms with E-state index < -0.39 is 10.0 Å². The van der Waals surface area contributed by atoms with E-state index >= 15 is 0 Å². The van der Waals surface area contributed by atoms with Crippen molar-refractivity contribution in [1.82, 2.24) is 14.1 Å². The molecule has 2 saturated heterocycles. The Balaban J connectivity index is 1.48. The number of carbonyl (C=O) groups is 1. The molecule has 4 rings (SSSR count). The molecule has 2 aliphatic rings. The van der Waals surface area contributed by atoms with Crippen molar-refractivity contribution in [2.45, 2.75) is 10.8 Å². The minimum atomic E-state index is -3.24. The molecule has 0 aliphatic carbocycles. The zero-order valence-electron chi connectivity index (χ0n) is 18.7. The Bertz CT molecular complexity index is 1140. The molecule has 0 bridgehead atoms. The van der Waals surface area contributed by atoms with E-state index in [1.165, 1.54) is 10.6 Å². The Morgan fingerprint density at radius 1 is 0.941 bits per heavy atom. The molecule has 0 radical (unpaired) electrons. The van der Waals surface area contributed by atoms with Crippen LogP contribution in [0.2, 0.25) is 15.1 Å². The number of thioether (sulfide) groups is 1. The molecule has 0 spiro atoms. The van der Waals surface area contributed by atoms with Gasteiger partial charge in [0.25, 0.3) is 0 Å². The lowest BCUT2D eigenvalue weighted by Gasteiger charge is -2.35. The van der Waals surface area contributed by atoms with E-state index in [1.54, 1.807) is 22.7 Å². The molecule has 0 aromatic heterocycles. The standard InChI is InChI=1S/C23H26Cl3N3O3S2/c1-34(31,32)29-10-8-27(9-11-29)23(30)28-13-17(15-33-19-5-3-18(24)4-6-19)20(14-28)16-2-7-21(25)22(26)12-16/h2-7,12,17,20H,8-11,13-15H2,1H3/t17?,20-/m1/s1. The third kappa shape index (κ3) is 6.15. The number of amides is 2. The van der Waals surface area contributed by atoms with Crippen molar-refractivity contribution < 1.29 is 13.2 Å². The van der Waals surface area contributed by atoms with Crippen LogP contribution in [0, 0.1) is 5.92 Å². The molecule has 1 unspecified atom stereocenters. The minimum Gasteiger partial charge on any atom is -0.324 e. The van der Waals surface area contributed by atoms with Gasteiger partial charge in [-0.3, -0.25) is 0 Å². The molecule has 11 heteroatoms. The number of piperazine rings is 1. The second-order valence-electron chi connectivity index (χ2n) is 8.64. The number of benzene rings is 2. The predicted molar refractivity (Wildman–Crippen MR) is 140 cm³/mol. The summed E-state index contributed by atoms with van der Waals surface area (Å²) in [4.78, 5) is 18.1. The summed E-state index contributed by atoms with van der Waals surface area (Å²) in [6, 6.07) is 13.4. The summed E-state index contributed by atoms with van der Waals surface area (Å²) in [6.45, 7) is 2.63. The van der Waals surface area contributed by atoms with E-state index in [2.05, 4.69) is 0 Å². The summed E-state index contributed by atoms with van der Waals surface area (Å²) in [5.41, 5.74) is 1.06. The molecule has 2 aromatic carbocycles. The Kier molecular flexibility index (Phi) is 8.27. The molecule has 6 nitrogen and oxygen atoms in total. The van der Waals surface area contributed by atoms with E-state index in [9.17, 15) is 13.2 Å². The molecule has 0 saturated carbocycles. The number of hydrogen-bond donors (Lipinski definition) is 0. The minimum absolute atomic E-state index is 0.0443. The molecule has 34 heavy (non-hydrogen) atoms. The Morgan fingerprint density at radius 2 is 1.62 bits per heavy atom. The number of carbonyl (C=O) groups excluding carboxylic acids is 1. The van der Waals surface area contributed by atoms with Crippen LogP contribution in [0.3, 0.4) is 0 Å². The molecular formula is C23H26Cl3N3O3S2. The van der Waals surface area contributed by atoms with Gasteiger partial charge in [-0.2, -0.15) is 4.31 Å². The first-order valence-corrected chi connectivity index (χ1v) is 14.9. The van der Waals surface area contributed by atoms with Crippen molar-refractivity contribution in [3.8, 4) is 0 Å². The Labute approximate surface area is 220 Å². The SMILES string of the molecule is CS(=O)(=O)N1CCN(C(=O)N2CC(CSc3ccc(Cl)cc3)[C@@H](c3ccc(Cl)c(Cl)c3)C2)CC1. The van der Waals surface area contributed by atoms with Crippen molar-refractivity contribution in [3.05, 3.63) is 63.1 Å². The zero-order valence-corrected chi connectivity index (χ0v) is 22.6. The summed E-state index contributed by atoms with van der Waals surface area (Å²) in [6.07, 6.45) is 1.20. The lowest BCUT2D eigenvalue weighted by atomic mass is 9.90. The highest BCUT2D eigenvalue weighted by molar-refractivity contribution is 7.99. The fourth-order valence-corrected chi connectivity index (χ4v) is 6.79. The van der Waals surface area contributed by atoms with Gasteiger partial charge in [-0.05, 0) is 47.9 Å². The maximum Gasteiger partial charge on any atom is 0.320 e. The summed E-state index contributed by atoms with van der Waals surface area (Å²) in [5.74, 6) is 1.17. The topological polar surface area (TPSA) is 60.9 Å². The lowest BCUT2D eigenvalue weighted by molar-refractivity contribution is 0.141. The van der Waals surface area contributed by atoms with Gasteiger partial charge in [0.2, 0.25) is 10.0 Å². The van der Waals surface area contributed by atoms with Crippen molar-refractivity contribution in [3.63, 3.8) is 0 Å².